The van der Waals surface area contributed by atoms with Gasteiger partial charge < -0.3 is 19.6 Å². The van der Waals surface area contributed by atoms with E-state index in [-0.39, 0.29) is 18.0 Å². The normalized spacial score (nSPS) is 17.8. The van der Waals surface area contributed by atoms with Crippen molar-refractivity contribution >= 4 is 22.9 Å². The van der Waals surface area contributed by atoms with Crippen LogP contribution in [0.25, 0.3) is 11.0 Å². The van der Waals surface area contributed by atoms with E-state index in [2.05, 4.69) is 15.0 Å². The minimum atomic E-state index is -0.501. The van der Waals surface area contributed by atoms with Gasteiger partial charge in [0.2, 0.25) is 5.88 Å². The largest absolute Gasteiger partial charge is 0.492 e. The van der Waals surface area contributed by atoms with E-state index in [9.17, 15) is 9.90 Å². The van der Waals surface area contributed by atoms with Crippen LogP contribution in [0, 0.1) is 0 Å². The quantitative estimate of drug-likeness (QED) is 0.892. The molecule has 1 atom stereocenters. The second-order valence-corrected chi connectivity index (χ2v) is 7.21. The average molecular weight is 345 g/mol. The number of fused-ring (bicyclic) bond motifs is 1. The van der Waals surface area contributed by atoms with Crippen LogP contribution in [-0.4, -0.2) is 62.8 Å². The van der Waals surface area contributed by atoms with Gasteiger partial charge in [0.1, 0.15) is 17.7 Å². The summed E-state index contributed by atoms with van der Waals surface area (Å²) in [6.45, 7) is 6.79. The SMILES string of the molecule is CN(c1ccc2ncnc(O)c2n1)C1CCN(C(=O)OC(C)(C)C)C1. The van der Waals surface area contributed by atoms with Crippen molar-refractivity contribution in [3.05, 3.63) is 18.5 Å². The Bertz CT molecular complexity index is 789. The third-order valence-electron chi connectivity index (χ3n) is 4.17. The van der Waals surface area contributed by atoms with Gasteiger partial charge in [-0.05, 0) is 39.3 Å². The number of hydrogen-bond donors (Lipinski definition) is 1. The molecule has 3 rings (SSSR count). The molecule has 1 aliphatic heterocycles. The third-order valence-corrected chi connectivity index (χ3v) is 4.17. The first-order chi connectivity index (χ1) is 11.7. The number of ether oxygens (including phenoxy) is 1. The highest BCUT2D eigenvalue weighted by molar-refractivity contribution is 5.80. The summed E-state index contributed by atoms with van der Waals surface area (Å²) in [5.74, 6) is 0.565. The van der Waals surface area contributed by atoms with E-state index in [0.29, 0.717) is 29.9 Å². The molecule has 3 heterocycles. The summed E-state index contributed by atoms with van der Waals surface area (Å²) in [4.78, 5) is 28.3. The Labute approximate surface area is 146 Å². The molecule has 8 nitrogen and oxygen atoms in total. The van der Waals surface area contributed by atoms with Crippen molar-refractivity contribution in [2.75, 3.05) is 25.0 Å². The molecule has 1 amide bonds. The summed E-state index contributed by atoms with van der Waals surface area (Å²) in [5, 5.41) is 9.86. The summed E-state index contributed by atoms with van der Waals surface area (Å²) in [6, 6.07) is 3.78. The van der Waals surface area contributed by atoms with Crippen molar-refractivity contribution in [3.63, 3.8) is 0 Å². The second kappa shape index (κ2) is 6.34. The monoisotopic (exact) mass is 345 g/mol. The van der Waals surface area contributed by atoms with Crippen LogP contribution in [0.1, 0.15) is 27.2 Å². The van der Waals surface area contributed by atoms with Crippen LogP contribution in [0.3, 0.4) is 0 Å². The van der Waals surface area contributed by atoms with Crippen molar-refractivity contribution in [1.82, 2.24) is 19.9 Å². The fourth-order valence-corrected chi connectivity index (χ4v) is 2.85. The molecular weight excluding hydrogens is 322 g/mol. The van der Waals surface area contributed by atoms with Gasteiger partial charge in [-0.1, -0.05) is 0 Å². The molecule has 1 saturated heterocycles. The van der Waals surface area contributed by atoms with Gasteiger partial charge in [0.15, 0.2) is 5.52 Å². The first-order valence-electron chi connectivity index (χ1n) is 8.26. The van der Waals surface area contributed by atoms with E-state index in [1.807, 2.05) is 38.8 Å². The molecule has 0 spiro atoms. The molecule has 8 heteroatoms. The van der Waals surface area contributed by atoms with Crippen molar-refractivity contribution in [3.8, 4) is 5.88 Å². The molecule has 0 saturated carbocycles. The highest BCUT2D eigenvalue weighted by Gasteiger charge is 2.32. The molecule has 134 valence electrons. The number of likely N-dealkylation sites (N-methyl/N-ethyl adjacent to an activating group) is 1. The number of aromatic nitrogens is 3. The number of likely N-dealkylation sites (tertiary alicyclic amines) is 1. The van der Waals surface area contributed by atoms with Crippen molar-refractivity contribution in [2.24, 2.45) is 0 Å². The summed E-state index contributed by atoms with van der Waals surface area (Å²) in [7, 11) is 1.93. The average Bonchev–Trinajstić information content (AvgIpc) is 3.03. The summed E-state index contributed by atoms with van der Waals surface area (Å²) < 4.78 is 5.43. The summed E-state index contributed by atoms with van der Waals surface area (Å²) in [5.41, 5.74) is 0.457. The van der Waals surface area contributed by atoms with Crippen molar-refractivity contribution in [1.29, 1.82) is 0 Å². The lowest BCUT2D eigenvalue weighted by atomic mass is 10.2. The number of rotatable bonds is 2. The lowest BCUT2D eigenvalue weighted by Crippen LogP contribution is -2.39. The van der Waals surface area contributed by atoms with E-state index in [4.69, 9.17) is 4.74 Å². The number of nitrogens with zero attached hydrogens (tertiary/aromatic N) is 5. The Morgan fingerprint density at radius 3 is 2.84 bits per heavy atom. The molecule has 25 heavy (non-hydrogen) atoms. The van der Waals surface area contributed by atoms with Crippen molar-refractivity contribution < 1.29 is 14.6 Å². The van der Waals surface area contributed by atoms with E-state index in [1.165, 1.54) is 6.33 Å². The van der Waals surface area contributed by atoms with Gasteiger partial charge in [0, 0.05) is 26.2 Å². The molecule has 1 N–H and O–H groups in total. The Kier molecular flexibility index (Phi) is 4.36. The smallest absolute Gasteiger partial charge is 0.410 e. The molecular formula is C17H23N5O3. The zero-order valence-electron chi connectivity index (χ0n) is 14.9. The van der Waals surface area contributed by atoms with Crippen LogP contribution in [0.4, 0.5) is 10.6 Å². The molecule has 2 aromatic rings. The third kappa shape index (κ3) is 3.72. The van der Waals surface area contributed by atoms with Crippen LogP contribution in [0.2, 0.25) is 0 Å². The highest BCUT2D eigenvalue weighted by atomic mass is 16.6. The zero-order valence-corrected chi connectivity index (χ0v) is 14.9. The molecule has 2 aromatic heterocycles. The van der Waals surface area contributed by atoms with Crippen LogP contribution in [0.15, 0.2) is 18.5 Å². The van der Waals surface area contributed by atoms with Gasteiger partial charge in [-0.2, -0.15) is 0 Å². The number of carbonyl (C=O) groups is 1. The van der Waals surface area contributed by atoms with Crippen LogP contribution in [0.5, 0.6) is 5.88 Å². The van der Waals surface area contributed by atoms with Gasteiger partial charge in [-0.25, -0.2) is 19.7 Å². The van der Waals surface area contributed by atoms with Gasteiger partial charge in [0.25, 0.3) is 0 Å². The standard InChI is InChI=1S/C17H23N5O3/c1-17(2,3)25-16(24)22-8-7-11(9-22)21(4)13-6-5-12-14(20-13)15(23)19-10-18-12/h5-6,10-11H,7-9H2,1-4H3,(H,18,19,23). The molecule has 0 radical (unpaired) electrons. The van der Waals surface area contributed by atoms with Crippen LogP contribution in [-0.2, 0) is 4.74 Å². The second-order valence-electron chi connectivity index (χ2n) is 7.21. The van der Waals surface area contributed by atoms with Crippen molar-refractivity contribution in [2.45, 2.75) is 38.8 Å². The van der Waals surface area contributed by atoms with Crippen LogP contribution >= 0.6 is 0 Å². The Hall–Kier alpha value is -2.64. The maximum atomic E-state index is 12.2. The predicted molar refractivity (Wildman–Crippen MR) is 93.6 cm³/mol. The van der Waals surface area contributed by atoms with Gasteiger partial charge in [-0.3, -0.25) is 0 Å². The highest BCUT2D eigenvalue weighted by Crippen LogP contribution is 2.25. The first kappa shape index (κ1) is 17.2. The van der Waals surface area contributed by atoms with E-state index >= 15 is 0 Å². The molecule has 1 aliphatic rings. The topological polar surface area (TPSA) is 91.7 Å². The number of hydrogen-bond acceptors (Lipinski definition) is 7. The van der Waals surface area contributed by atoms with Gasteiger partial charge in [0.05, 0.1) is 5.52 Å². The Balaban J connectivity index is 1.73. The van der Waals surface area contributed by atoms with E-state index in [1.54, 1.807) is 11.0 Å². The maximum Gasteiger partial charge on any atom is 0.410 e. The van der Waals surface area contributed by atoms with E-state index < -0.39 is 5.60 Å². The number of aromatic hydroxyl groups is 1. The molecule has 0 bridgehead atoms. The fraction of sp³-hybridized carbons (Fsp3) is 0.529. The molecule has 0 aliphatic carbocycles. The number of carbonyl (C=O) groups excluding carboxylic acids is 1. The zero-order chi connectivity index (χ0) is 18.2. The van der Waals surface area contributed by atoms with E-state index in [0.717, 1.165) is 6.42 Å². The lowest BCUT2D eigenvalue weighted by molar-refractivity contribution is 0.0292. The van der Waals surface area contributed by atoms with Gasteiger partial charge in [-0.15, -0.1) is 0 Å². The summed E-state index contributed by atoms with van der Waals surface area (Å²) in [6.07, 6.45) is 1.84. The predicted octanol–water partition coefficient (Wildman–Crippen LogP) is 2.18. The fourth-order valence-electron chi connectivity index (χ4n) is 2.85. The lowest BCUT2D eigenvalue weighted by Gasteiger charge is -2.27. The molecule has 1 unspecified atom stereocenters. The maximum absolute atomic E-state index is 12.2. The number of pyridine rings is 1. The minimum Gasteiger partial charge on any atom is -0.492 e. The van der Waals surface area contributed by atoms with Gasteiger partial charge >= 0.3 is 6.09 Å². The Morgan fingerprint density at radius 1 is 1.36 bits per heavy atom. The van der Waals surface area contributed by atoms with Crippen LogP contribution < -0.4 is 4.90 Å². The summed E-state index contributed by atoms with van der Waals surface area (Å²) >= 11 is 0. The Morgan fingerprint density at radius 2 is 2.12 bits per heavy atom. The number of amides is 1. The first-order valence-corrected chi connectivity index (χ1v) is 8.26. The molecule has 1 fully saturated rings. The minimum absolute atomic E-state index is 0.129. The molecule has 0 aromatic carbocycles. The number of anilines is 1.